The third-order valence-corrected chi connectivity index (χ3v) is 5.06. The molecule has 1 amide bonds. The minimum atomic E-state index is -0.700. The van der Waals surface area contributed by atoms with Gasteiger partial charge >= 0.3 is 0 Å². The molecule has 0 unspecified atom stereocenters. The highest BCUT2D eigenvalue weighted by Gasteiger charge is 2.24. The lowest BCUT2D eigenvalue weighted by atomic mass is 10.0. The van der Waals surface area contributed by atoms with Crippen LogP contribution >= 0.6 is 24.8 Å². The predicted octanol–water partition coefficient (Wildman–Crippen LogP) is 5.13. The van der Waals surface area contributed by atoms with E-state index in [1.807, 2.05) is 73.8 Å². The number of halogens is 2. The van der Waals surface area contributed by atoms with E-state index in [1.54, 1.807) is 4.90 Å². The molecule has 4 nitrogen and oxygen atoms in total. The van der Waals surface area contributed by atoms with Crippen LogP contribution in [0.1, 0.15) is 34.0 Å². The zero-order valence-corrected chi connectivity index (χ0v) is 19.2. The Bertz CT molecular complexity index is 946. The Morgan fingerprint density at radius 2 is 1.67 bits per heavy atom. The Labute approximate surface area is 191 Å². The molecule has 1 aromatic heterocycles. The van der Waals surface area contributed by atoms with Crippen LogP contribution < -0.4 is 10.6 Å². The number of hydrogen-bond donors (Lipinski definition) is 1. The zero-order valence-electron chi connectivity index (χ0n) is 17.5. The monoisotopic (exact) mass is 445 g/mol. The largest absolute Gasteiger partial charge is 0.316 e. The molecular weight excluding hydrogens is 417 g/mol. The average molecular weight is 446 g/mol. The second kappa shape index (κ2) is 11.7. The van der Waals surface area contributed by atoms with Gasteiger partial charge in [0, 0.05) is 30.5 Å². The van der Waals surface area contributed by atoms with Crippen molar-refractivity contribution < 1.29 is 4.79 Å². The van der Waals surface area contributed by atoms with Gasteiger partial charge in [0.2, 0.25) is 5.91 Å². The van der Waals surface area contributed by atoms with Gasteiger partial charge in [-0.1, -0.05) is 42.5 Å². The summed E-state index contributed by atoms with van der Waals surface area (Å²) in [4.78, 5) is 19.5. The molecule has 1 heterocycles. The normalized spacial score (nSPS) is 11.1. The van der Waals surface area contributed by atoms with E-state index in [2.05, 4.69) is 18.8 Å². The van der Waals surface area contributed by atoms with Gasteiger partial charge in [-0.2, -0.15) is 0 Å². The van der Waals surface area contributed by atoms with Crippen molar-refractivity contribution in [3.8, 4) is 0 Å². The summed E-state index contributed by atoms with van der Waals surface area (Å²) in [7, 11) is 0. The van der Waals surface area contributed by atoms with E-state index < -0.39 is 6.04 Å². The van der Waals surface area contributed by atoms with E-state index in [9.17, 15) is 4.79 Å². The van der Waals surface area contributed by atoms with Crippen molar-refractivity contribution in [3.63, 3.8) is 0 Å². The van der Waals surface area contributed by atoms with E-state index in [1.165, 1.54) is 5.56 Å². The highest BCUT2D eigenvalue weighted by Crippen LogP contribution is 2.23. The first kappa shape index (κ1) is 25.6. The standard InChI is InChI=1S/C24H27N3O.2ClH/c1-17-9-11-21(26-16-17)13-14-27(22-12-10-18(2)19(3)15-22)24(28)23(25)20-7-5-4-6-8-20;;/h4-12,15-16,23H,13-14,25H2,1-3H3;2*1H/t23-;;/m0../s1. The van der Waals surface area contributed by atoms with Gasteiger partial charge in [0.15, 0.2) is 0 Å². The van der Waals surface area contributed by atoms with Crippen molar-refractivity contribution >= 4 is 36.4 Å². The highest BCUT2D eigenvalue weighted by atomic mass is 35.5. The molecule has 1 atom stereocenters. The number of aryl methyl sites for hydroxylation is 3. The topological polar surface area (TPSA) is 59.2 Å². The number of nitrogens with zero attached hydrogens (tertiary/aromatic N) is 2. The van der Waals surface area contributed by atoms with Crippen LogP contribution in [-0.4, -0.2) is 17.4 Å². The maximum absolute atomic E-state index is 13.3. The van der Waals surface area contributed by atoms with Crippen molar-refractivity contribution in [2.24, 2.45) is 5.73 Å². The van der Waals surface area contributed by atoms with Crippen LogP contribution in [-0.2, 0) is 11.2 Å². The van der Waals surface area contributed by atoms with Crippen LogP contribution in [0.2, 0.25) is 0 Å². The number of pyridine rings is 1. The Hall–Kier alpha value is -2.40. The van der Waals surface area contributed by atoms with Crippen molar-refractivity contribution in [1.82, 2.24) is 4.98 Å². The SMILES string of the molecule is Cc1ccc(CCN(C(=O)[C@@H](N)c2ccccc2)c2ccc(C)c(C)c2)nc1.Cl.Cl. The summed E-state index contributed by atoms with van der Waals surface area (Å²) in [5, 5.41) is 0. The molecule has 3 rings (SSSR count). The molecule has 6 heteroatoms. The fraction of sp³-hybridized carbons (Fsp3) is 0.250. The lowest BCUT2D eigenvalue weighted by Crippen LogP contribution is -2.40. The lowest BCUT2D eigenvalue weighted by Gasteiger charge is -2.27. The molecule has 0 spiro atoms. The molecule has 30 heavy (non-hydrogen) atoms. The Morgan fingerprint density at radius 1 is 0.967 bits per heavy atom. The number of nitrogens with two attached hydrogens (primary N) is 1. The summed E-state index contributed by atoms with van der Waals surface area (Å²) in [6, 6.07) is 18.9. The zero-order chi connectivity index (χ0) is 20.1. The molecule has 0 radical (unpaired) electrons. The highest BCUT2D eigenvalue weighted by molar-refractivity contribution is 5.97. The molecule has 2 aromatic carbocycles. The molecule has 0 aliphatic heterocycles. The van der Waals surface area contributed by atoms with Crippen molar-refractivity contribution in [3.05, 3.63) is 94.8 Å². The molecule has 160 valence electrons. The number of aromatic nitrogens is 1. The smallest absolute Gasteiger partial charge is 0.248 e. The minimum Gasteiger partial charge on any atom is -0.316 e. The molecule has 0 fully saturated rings. The number of hydrogen-bond acceptors (Lipinski definition) is 3. The molecule has 0 bridgehead atoms. The van der Waals surface area contributed by atoms with Crippen molar-refractivity contribution in [2.75, 3.05) is 11.4 Å². The average Bonchev–Trinajstić information content (AvgIpc) is 2.72. The molecular formula is C24H29Cl2N3O. The summed E-state index contributed by atoms with van der Waals surface area (Å²) in [5.41, 5.74) is 12.4. The maximum atomic E-state index is 13.3. The van der Waals surface area contributed by atoms with Gasteiger partial charge in [0.05, 0.1) is 0 Å². The van der Waals surface area contributed by atoms with Gasteiger partial charge in [-0.3, -0.25) is 9.78 Å². The second-order valence-corrected chi connectivity index (χ2v) is 7.22. The first-order chi connectivity index (χ1) is 13.5. The number of anilines is 1. The predicted molar refractivity (Wildman–Crippen MR) is 129 cm³/mol. The third kappa shape index (κ3) is 6.30. The maximum Gasteiger partial charge on any atom is 0.248 e. The third-order valence-electron chi connectivity index (χ3n) is 5.06. The number of carbonyl (C=O) groups is 1. The summed E-state index contributed by atoms with van der Waals surface area (Å²) in [6.07, 6.45) is 2.52. The molecule has 2 N–H and O–H groups in total. The van der Waals surface area contributed by atoms with Gasteiger partial charge in [0.1, 0.15) is 6.04 Å². The second-order valence-electron chi connectivity index (χ2n) is 7.22. The summed E-state index contributed by atoms with van der Waals surface area (Å²) in [6.45, 7) is 6.66. The van der Waals surface area contributed by atoms with Gasteiger partial charge in [-0.25, -0.2) is 0 Å². The van der Waals surface area contributed by atoms with Crippen LogP contribution in [0.4, 0.5) is 5.69 Å². The van der Waals surface area contributed by atoms with Gasteiger partial charge in [-0.05, 0) is 61.2 Å². The fourth-order valence-corrected chi connectivity index (χ4v) is 3.10. The van der Waals surface area contributed by atoms with Crippen LogP contribution in [0.15, 0.2) is 66.9 Å². The van der Waals surface area contributed by atoms with Gasteiger partial charge < -0.3 is 10.6 Å². The Morgan fingerprint density at radius 3 is 2.27 bits per heavy atom. The van der Waals surface area contributed by atoms with E-state index in [4.69, 9.17) is 5.73 Å². The molecule has 0 aliphatic carbocycles. The number of rotatable bonds is 6. The minimum absolute atomic E-state index is 0. The first-order valence-electron chi connectivity index (χ1n) is 9.56. The molecule has 0 saturated heterocycles. The van der Waals surface area contributed by atoms with E-state index >= 15 is 0 Å². The summed E-state index contributed by atoms with van der Waals surface area (Å²) < 4.78 is 0. The number of benzene rings is 2. The van der Waals surface area contributed by atoms with Crippen LogP contribution in [0, 0.1) is 20.8 Å². The first-order valence-corrected chi connectivity index (χ1v) is 9.56. The van der Waals surface area contributed by atoms with Crippen LogP contribution in [0.25, 0.3) is 0 Å². The van der Waals surface area contributed by atoms with Gasteiger partial charge in [-0.15, -0.1) is 24.8 Å². The Kier molecular flexibility index (Phi) is 10.00. The van der Waals surface area contributed by atoms with Crippen LogP contribution in [0.3, 0.4) is 0 Å². The van der Waals surface area contributed by atoms with E-state index in [0.717, 1.165) is 28.1 Å². The van der Waals surface area contributed by atoms with Crippen molar-refractivity contribution in [2.45, 2.75) is 33.2 Å². The molecule has 3 aromatic rings. The summed E-state index contributed by atoms with van der Waals surface area (Å²) >= 11 is 0. The number of carbonyl (C=O) groups excluding carboxylic acids is 1. The molecule has 0 saturated carbocycles. The van der Waals surface area contributed by atoms with E-state index in [-0.39, 0.29) is 30.7 Å². The van der Waals surface area contributed by atoms with Crippen LogP contribution in [0.5, 0.6) is 0 Å². The number of amides is 1. The Balaban J connectivity index is 0.00000225. The quantitative estimate of drug-likeness (QED) is 0.572. The summed E-state index contributed by atoms with van der Waals surface area (Å²) in [5.74, 6) is -0.110. The lowest BCUT2D eigenvalue weighted by molar-refractivity contribution is -0.120. The fourth-order valence-electron chi connectivity index (χ4n) is 3.10. The van der Waals surface area contributed by atoms with Gasteiger partial charge in [0.25, 0.3) is 0 Å². The van der Waals surface area contributed by atoms with E-state index in [0.29, 0.717) is 13.0 Å². The molecule has 0 aliphatic rings. The van der Waals surface area contributed by atoms with Crippen molar-refractivity contribution in [1.29, 1.82) is 0 Å².